The Morgan fingerprint density at radius 3 is 2.39 bits per heavy atom. The number of anilines is 4. The number of aromatic nitrogens is 7. The maximum absolute atomic E-state index is 16.7. The monoisotopic (exact) mass is 905 g/mol. The molecule has 1 unspecified atom stereocenters. The molecule has 0 radical (unpaired) electrons. The molecule has 2 N–H and O–H groups in total. The average molecular weight is 906 g/mol. The predicted molar refractivity (Wildman–Crippen MR) is 228 cm³/mol. The summed E-state index contributed by atoms with van der Waals surface area (Å²) in [6.07, 6.45) is 6.99. The molecular weight excluding hydrogens is 853 g/mol. The standard InChI is InChI=1S/C42H45F2N13O6S/c1-23(2)57-30-18-33(48-32-7-10-45-38(49-32)25-19-47-55(22-25)64(62,63)26-3-4-26)46-20-27(30)39(51-57)54-11-8-24(9-12-54)21-52-13-15-53(16-14-52)31-17-28(43)35-36(37(31)44)42(61)56(41(35)60)29-5-6-34(58)50-40(29)59/h7,10,17-20,22-24,26,29H,3-6,8-9,11-16,21H2,1-2H3,(H,50,58,59)(H,45,46,48,49)/i13D2,14D2,15D2,16D2. The van der Waals surface area contributed by atoms with E-state index in [4.69, 9.17) is 16.1 Å². The van der Waals surface area contributed by atoms with Crippen LogP contribution < -0.4 is 20.4 Å². The Morgan fingerprint density at radius 2 is 1.67 bits per heavy atom. The van der Waals surface area contributed by atoms with Crippen molar-refractivity contribution in [1.29, 1.82) is 0 Å². The van der Waals surface area contributed by atoms with Crippen molar-refractivity contribution in [2.45, 2.75) is 69.7 Å². The molecule has 1 atom stereocenters. The van der Waals surface area contributed by atoms with Crippen molar-refractivity contribution in [3.8, 4) is 11.4 Å². The molecule has 4 aromatic heterocycles. The molecule has 10 rings (SSSR count). The molecule has 4 fully saturated rings. The third-order valence-electron chi connectivity index (χ3n) is 11.8. The van der Waals surface area contributed by atoms with Crippen LogP contribution in [0.1, 0.15) is 90.1 Å². The zero-order valence-corrected chi connectivity index (χ0v) is 35.1. The van der Waals surface area contributed by atoms with Crippen molar-refractivity contribution in [3.63, 3.8) is 0 Å². The second-order valence-electron chi connectivity index (χ2n) is 16.4. The summed E-state index contributed by atoms with van der Waals surface area (Å²) in [5, 5.41) is 14.3. The molecule has 334 valence electrons. The number of rotatable bonds is 11. The van der Waals surface area contributed by atoms with E-state index in [9.17, 15) is 27.6 Å². The van der Waals surface area contributed by atoms with Crippen LogP contribution in [-0.2, 0) is 19.6 Å². The maximum atomic E-state index is 16.7. The smallest absolute Gasteiger partial charge is 0.265 e. The number of carbonyl (C=O) groups is 4. The van der Waals surface area contributed by atoms with Crippen LogP contribution in [0.5, 0.6) is 0 Å². The zero-order valence-electron chi connectivity index (χ0n) is 42.2. The number of nitrogens with zero attached hydrogens (tertiary/aromatic N) is 11. The first kappa shape index (κ1) is 33.1. The third kappa shape index (κ3) is 7.40. The van der Waals surface area contributed by atoms with Gasteiger partial charge in [-0.05, 0) is 57.9 Å². The summed E-state index contributed by atoms with van der Waals surface area (Å²) in [7, 11) is -3.59. The number of halogens is 2. The van der Waals surface area contributed by atoms with Gasteiger partial charge in [0.05, 0.1) is 56.4 Å². The van der Waals surface area contributed by atoms with Crippen molar-refractivity contribution in [2.75, 3.05) is 60.7 Å². The molecule has 1 aliphatic carbocycles. The fourth-order valence-electron chi connectivity index (χ4n) is 8.29. The van der Waals surface area contributed by atoms with E-state index < -0.39 is 112 Å². The van der Waals surface area contributed by atoms with Gasteiger partial charge in [0.2, 0.25) is 11.8 Å². The molecule has 5 aliphatic rings. The highest BCUT2D eigenvalue weighted by Crippen LogP contribution is 2.37. The molecule has 8 heterocycles. The summed E-state index contributed by atoms with van der Waals surface area (Å²) >= 11 is 0. The Kier molecular flexibility index (Phi) is 8.28. The van der Waals surface area contributed by atoms with Gasteiger partial charge < -0.3 is 15.1 Å². The van der Waals surface area contributed by atoms with Gasteiger partial charge in [-0.15, -0.1) is 0 Å². The molecule has 0 bridgehead atoms. The molecule has 5 aromatic rings. The number of nitrogens with one attached hydrogen (secondary N) is 2. The molecular formula is C42H45F2N13O6S. The minimum Gasteiger partial charge on any atom is -0.366 e. The quantitative estimate of drug-likeness (QED) is 0.182. The van der Waals surface area contributed by atoms with Gasteiger partial charge in [0, 0.05) is 88.1 Å². The first-order valence-corrected chi connectivity index (χ1v) is 22.1. The Hall–Kier alpha value is -6.42. The second kappa shape index (κ2) is 16.0. The normalized spacial score (nSPS) is 25.2. The van der Waals surface area contributed by atoms with Crippen LogP contribution in [0.2, 0.25) is 0 Å². The van der Waals surface area contributed by atoms with Gasteiger partial charge in [0.15, 0.2) is 17.5 Å². The van der Waals surface area contributed by atoms with Gasteiger partial charge >= 0.3 is 0 Å². The van der Waals surface area contributed by atoms with Crippen LogP contribution in [-0.4, -0.2) is 133 Å². The van der Waals surface area contributed by atoms with E-state index in [0.29, 0.717) is 64.8 Å². The average Bonchev–Trinajstić information content (AvgIpc) is 3.84. The molecule has 3 saturated heterocycles. The molecule has 0 spiro atoms. The van der Waals surface area contributed by atoms with Crippen LogP contribution in [0.15, 0.2) is 43.0 Å². The van der Waals surface area contributed by atoms with Gasteiger partial charge in [-0.25, -0.2) is 32.2 Å². The summed E-state index contributed by atoms with van der Waals surface area (Å²) in [6.45, 7) is -10.3. The van der Waals surface area contributed by atoms with E-state index >= 15 is 8.78 Å². The molecule has 22 heteroatoms. The van der Waals surface area contributed by atoms with E-state index in [1.54, 1.807) is 18.3 Å². The SMILES string of the molecule is [2H]C1([2H])N(CC2CCN(c3nn(C(C)C)c4cc(Nc5ccnc(-c6cnn(S(=O)(=O)C7CC7)c6)n5)ncc34)CC2)C([2H])([2H])C([2H])([2H])N(c2cc(F)c3c(c2F)C(=O)N(C2CCC(=O)NC2=O)C3=O)C1([2H])[2H]. The number of imide groups is 2. The highest BCUT2D eigenvalue weighted by atomic mass is 32.2. The fraction of sp³-hybridized carbons (Fsp3) is 0.452. The summed E-state index contributed by atoms with van der Waals surface area (Å²) in [5.74, 6) is -7.19. The minimum absolute atomic E-state index is 0.117. The van der Waals surface area contributed by atoms with Gasteiger partial charge in [0.1, 0.15) is 23.5 Å². The number of pyridine rings is 1. The Balaban J connectivity index is 0.859. The van der Waals surface area contributed by atoms with Gasteiger partial charge in [-0.2, -0.15) is 14.3 Å². The molecule has 19 nitrogen and oxygen atoms in total. The highest BCUT2D eigenvalue weighted by molar-refractivity contribution is 7.90. The number of hydrogen-bond donors (Lipinski definition) is 2. The van der Waals surface area contributed by atoms with Gasteiger partial charge in [0.25, 0.3) is 21.8 Å². The summed E-state index contributed by atoms with van der Waals surface area (Å²) in [5.41, 5.74) is -2.70. The van der Waals surface area contributed by atoms with Crippen LogP contribution >= 0.6 is 0 Å². The minimum atomic E-state index is -3.68. The van der Waals surface area contributed by atoms with E-state index in [-0.39, 0.29) is 53.4 Å². The number of amides is 4. The Bertz CT molecular complexity index is 3210. The van der Waals surface area contributed by atoms with E-state index in [1.165, 1.54) is 18.6 Å². The number of piperidine rings is 2. The lowest BCUT2D eigenvalue weighted by atomic mass is 9.95. The summed E-state index contributed by atoms with van der Waals surface area (Å²) < 4.78 is 133. The van der Waals surface area contributed by atoms with Crippen LogP contribution in [0.4, 0.5) is 31.9 Å². The summed E-state index contributed by atoms with van der Waals surface area (Å²) in [6, 6.07) is 1.85. The van der Waals surface area contributed by atoms with E-state index in [2.05, 4.69) is 25.4 Å². The lowest BCUT2D eigenvalue weighted by Crippen LogP contribution is -2.54. The predicted octanol–water partition coefficient (Wildman–Crippen LogP) is 3.47. The lowest BCUT2D eigenvalue weighted by molar-refractivity contribution is -0.136. The van der Waals surface area contributed by atoms with Crippen LogP contribution in [0, 0.1) is 17.6 Å². The van der Waals surface area contributed by atoms with Crippen molar-refractivity contribution >= 4 is 67.7 Å². The lowest BCUT2D eigenvalue weighted by Gasteiger charge is -2.39. The molecule has 1 saturated carbocycles. The van der Waals surface area contributed by atoms with E-state index in [1.807, 2.05) is 28.7 Å². The molecule has 64 heavy (non-hydrogen) atoms. The number of piperazine rings is 1. The van der Waals surface area contributed by atoms with Crippen molar-refractivity contribution < 1.29 is 47.3 Å². The maximum Gasteiger partial charge on any atom is 0.265 e. The van der Waals surface area contributed by atoms with Crippen LogP contribution in [0.25, 0.3) is 22.3 Å². The molecule has 1 aromatic carbocycles. The van der Waals surface area contributed by atoms with Crippen molar-refractivity contribution in [1.82, 2.24) is 49.0 Å². The Morgan fingerprint density at radius 1 is 0.922 bits per heavy atom. The van der Waals surface area contributed by atoms with Crippen LogP contribution in [0.3, 0.4) is 0 Å². The largest absolute Gasteiger partial charge is 0.366 e. The summed E-state index contributed by atoms with van der Waals surface area (Å²) in [4.78, 5) is 67.1. The topological polar surface area (TPSA) is 214 Å². The second-order valence-corrected chi connectivity index (χ2v) is 18.5. The number of carbonyl (C=O) groups excluding carboxylic acids is 4. The fourth-order valence-corrected chi connectivity index (χ4v) is 9.77. The zero-order chi connectivity index (χ0) is 51.8. The first-order chi connectivity index (χ1) is 33.8. The van der Waals surface area contributed by atoms with Gasteiger partial charge in [-0.3, -0.25) is 39.0 Å². The highest BCUT2D eigenvalue weighted by Gasteiger charge is 2.48. The number of hydrogen-bond acceptors (Lipinski definition) is 15. The van der Waals surface area contributed by atoms with E-state index in [0.717, 1.165) is 4.09 Å². The Labute approximate surface area is 377 Å². The van der Waals surface area contributed by atoms with Crippen molar-refractivity contribution in [2.24, 2.45) is 5.92 Å². The first-order valence-electron chi connectivity index (χ1n) is 24.6. The third-order valence-corrected chi connectivity index (χ3v) is 13.8. The molecule has 4 aliphatic heterocycles. The van der Waals surface area contributed by atoms with Crippen molar-refractivity contribution in [3.05, 3.63) is 65.7 Å². The molecule has 4 amide bonds. The number of fused-ring (bicyclic) bond motifs is 2. The number of benzene rings is 1. The van der Waals surface area contributed by atoms with Gasteiger partial charge in [-0.1, -0.05) is 0 Å².